The van der Waals surface area contributed by atoms with Crippen molar-refractivity contribution >= 4 is 39.3 Å². The summed E-state index contributed by atoms with van der Waals surface area (Å²) >= 11 is 5.89. The SMILES string of the molecule is COC[C@H]1CN(S(=O)(=O)/C=C/c2ccc(Cl)cc2)CC(=O)N1CC1CCN(c2ccncc2)CC1. The number of anilines is 1. The molecule has 0 unspecified atom stereocenters. The molecule has 2 fully saturated rings. The normalized spacial score (nSPS) is 20.6. The van der Waals surface area contributed by atoms with E-state index in [2.05, 4.69) is 9.88 Å². The predicted molar refractivity (Wildman–Crippen MR) is 138 cm³/mol. The van der Waals surface area contributed by atoms with Crippen LogP contribution in [0.25, 0.3) is 6.08 Å². The Balaban J connectivity index is 1.38. The Kier molecular flexibility index (Phi) is 8.43. The molecule has 3 heterocycles. The molecule has 188 valence electrons. The quantitative estimate of drug-likeness (QED) is 0.534. The van der Waals surface area contributed by atoms with Gasteiger partial charge in [-0.05, 0) is 54.7 Å². The monoisotopic (exact) mass is 518 g/mol. The maximum absolute atomic E-state index is 13.1. The van der Waals surface area contributed by atoms with Crippen molar-refractivity contribution in [2.75, 3.05) is 51.3 Å². The summed E-state index contributed by atoms with van der Waals surface area (Å²) < 4.78 is 32.6. The average Bonchev–Trinajstić information content (AvgIpc) is 2.86. The first-order valence-electron chi connectivity index (χ1n) is 11.7. The Labute approximate surface area is 212 Å². The lowest BCUT2D eigenvalue weighted by molar-refractivity contribution is -0.140. The Morgan fingerprint density at radius 2 is 1.80 bits per heavy atom. The highest BCUT2D eigenvalue weighted by molar-refractivity contribution is 7.92. The van der Waals surface area contributed by atoms with Crippen LogP contribution < -0.4 is 4.90 Å². The van der Waals surface area contributed by atoms with Gasteiger partial charge in [0.2, 0.25) is 15.9 Å². The summed E-state index contributed by atoms with van der Waals surface area (Å²) in [6, 6.07) is 10.6. The number of rotatable bonds is 8. The van der Waals surface area contributed by atoms with Crippen molar-refractivity contribution in [2.45, 2.75) is 18.9 Å². The smallest absolute Gasteiger partial charge is 0.238 e. The maximum Gasteiger partial charge on any atom is 0.238 e. The van der Waals surface area contributed by atoms with E-state index in [1.165, 1.54) is 10.4 Å². The van der Waals surface area contributed by atoms with E-state index in [1.807, 2.05) is 17.0 Å². The van der Waals surface area contributed by atoms with Gasteiger partial charge < -0.3 is 14.5 Å². The van der Waals surface area contributed by atoms with Gasteiger partial charge in [-0.1, -0.05) is 23.7 Å². The lowest BCUT2D eigenvalue weighted by atomic mass is 9.95. The first-order chi connectivity index (χ1) is 16.9. The fourth-order valence-corrected chi connectivity index (χ4v) is 5.95. The molecular weight excluding hydrogens is 488 g/mol. The number of methoxy groups -OCH3 is 1. The lowest BCUT2D eigenvalue weighted by Gasteiger charge is -2.43. The summed E-state index contributed by atoms with van der Waals surface area (Å²) in [5, 5.41) is 1.73. The highest BCUT2D eigenvalue weighted by Gasteiger charge is 2.38. The molecule has 1 atom stereocenters. The number of pyridine rings is 1. The fourth-order valence-electron chi connectivity index (χ4n) is 4.65. The first kappa shape index (κ1) is 25.6. The number of carbonyl (C=O) groups is 1. The van der Waals surface area contributed by atoms with Crippen molar-refractivity contribution in [3.8, 4) is 0 Å². The Bertz CT molecular complexity index is 1120. The van der Waals surface area contributed by atoms with Crippen LogP contribution in [0.15, 0.2) is 54.2 Å². The van der Waals surface area contributed by atoms with Gasteiger partial charge in [0, 0.05) is 61.8 Å². The summed E-state index contributed by atoms with van der Waals surface area (Å²) in [6.07, 6.45) is 7.06. The zero-order chi connectivity index (χ0) is 24.8. The second-order valence-corrected chi connectivity index (χ2v) is 11.2. The van der Waals surface area contributed by atoms with Crippen molar-refractivity contribution in [1.29, 1.82) is 0 Å². The number of hydrogen-bond acceptors (Lipinski definition) is 6. The minimum absolute atomic E-state index is 0.163. The molecular formula is C25H31ClN4O4S. The number of ether oxygens (including phenoxy) is 1. The van der Waals surface area contributed by atoms with Gasteiger partial charge in [0.05, 0.1) is 19.2 Å². The highest BCUT2D eigenvalue weighted by atomic mass is 35.5. The lowest BCUT2D eigenvalue weighted by Crippen LogP contribution is -2.60. The number of amides is 1. The molecule has 0 radical (unpaired) electrons. The Hall–Kier alpha value is -2.46. The van der Waals surface area contributed by atoms with Crippen LogP contribution in [0, 0.1) is 5.92 Å². The molecule has 1 aromatic carbocycles. The van der Waals surface area contributed by atoms with Gasteiger partial charge in [0.1, 0.15) is 0 Å². The van der Waals surface area contributed by atoms with Gasteiger partial charge in [-0.25, -0.2) is 8.42 Å². The summed E-state index contributed by atoms with van der Waals surface area (Å²) in [7, 11) is -2.19. The van der Waals surface area contributed by atoms with Crippen LogP contribution in [0.4, 0.5) is 5.69 Å². The molecule has 0 spiro atoms. The molecule has 1 amide bonds. The zero-order valence-corrected chi connectivity index (χ0v) is 21.4. The zero-order valence-electron chi connectivity index (χ0n) is 19.8. The van der Waals surface area contributed by atoms with Gasteiger partial charge in [-0.2, -0.15) is 4.31 Å². The van der Waals surface area contributed by atoms with Gasteiger partial charge in [0.25, 0.3) is 0 Å². The van der Waals surface area contributed by atoms with Crippen molar-refractivity contribution in [1.82, 2.24) is 14.2 Å². The van der Waals surface area contributed by atoms with E-state index in [9.17, 15) is 13.2 Å². The molecule has 0 aliphatic carbocycles. The molecule has 10 heteroatoms. The van der Waals surface area contributed by atoms with Crippen LogP contribution in [-0.2, 0) is 19.6 Å². The van der Waals surface area contributed by atoms with Crippen molar-refractivity contribution in [2.24, 2.45) is 5.92 Å². The molecule has 2 aliphatic heterocycles. The van der Waals surface area contributed by atoms with Crippen molar-refractivity contribution < 1.29 is 17.9 Å². The number of aromatic nitrogens is 1. The standard InChI is InChI=1S/C25H31ClN4O4S/c1-34-19-24-17-29(35(32,33)15-10-20-2-4-22(26)5-3-20)18-25(31)30(24)16-21-8-13-28(14-9-21)23-6-11-27-12-7-23/h2-7,10-12,15,21,24H,8-9,13-14,16-19H2,1H3/b15-10+/t24-/m1/s1. The van der Waals surface area contributed by atoms with Gasteiger partial charge in [0.15, 0.2) is 0 Å². The van der Waals surface area contributed by atoms with Gasteiger partial charge >= 0.3 is 0 Å². The molecule has 2 aromatic rings. The van der Waals surface area contributed by atoms with Crippen LogP contribution in [-0.4, -0.2) is 81.0 Å². The highest BCUT2D eigenvalue weighted by Crippen LogP contribution is 2.26. The van der Waals surface area contributed by atoms with Crippen LogP contribution in [0.5, 0.6) is 0 Å². The van der Waals surface area contributed by atoms with Gasteiger partial charge in [-0.3, -0.25) is 9.78 Å². The molecule has 0 saturated carbocycles. The number of carbonyl (C=O) groups excluding carboxylic acids is 1. The predicted octanol–water partition coefficient (Wildman–Crippen LogP) is 3.11. The number of sulfonamides is 1. The largest absolute Gasteiger partial charge is 0.382 e. The molecule has 0 bridgehead atoms. The number of piperazine rings is 1. The van der Waals surface area contributed by atoms with E-state index in [-0.39, 0.29) is 31.6 Å². The number of benzene rings is 1. The third-order valence-corrected chi connectivity index (χ3v) is 8.34. The molecule has 8 nitrogen and oxygen atoms in total. The van der Waals surface area contributed by atoms with Crippen molar-refractivity contribution in [3.63, 3.8) is 0 Å². The summed E-state index contributed by atoms with van der Waals surface area (Å²) in [6.45, 7) is 2.79. The van der Waals surface area contributed by atoms with E-state index < -0.39 is 10.0 Å². The second kappa shape index (κ2) is 11.5. The number of halogens is 1. The molecule has 0 N–H and O–H groups in total. The number of hydrogen-bond donors (Lipinski definition) is 0. The molecule has 2 aliphatic rings. The summed E-state index contributed by atoms with van der Waals surface area (Å²) in [4.78, 5) is 21.4. The molecule has 1 aromatic heterocycles. The maximum atomic E-state index is 13.1. The third-order valence-electron chi connectivity index (χ3n) is 6.61. The van der Waals surface area contributed by atoms with E-state index >= 15 is 0 Å². The third kappa shape index (κ3) is 6.61. The fraction of sp³-hybridized carbons (Fsp3) is 0.440. The Morgan fingerprint density at radius 1 is 1.11 bits per heavy atom. The summed E-state index contributed by atoms with van der Waals surface area (Å²) in [5.41, 5.74) is 1.88. The van der Waals surface area contributed by atoms with Crippen LogP contribution in [0.1, 0.15) is 18.4 Å². The second-order valence-electron chi connectivity index (χ2n) is 8.98. The number of nitrogens with zero attached hydrogens (tertiary/aromatic N) is 4. The minimum atomic E-state index is -3.77. The van der Waals surface area contributed by atoms with Crippen LogP contribution in [0.3, 0.4) is 0 Å². The van der Waals surface area contributed by atoms with Crippen LogP contribution in [0.2, 0.25) is 5.02 Å². The molecule has 35 heavy (non-hydrogen) atoms. The van der Waals surface area contributed by atoms with E-state index in [4.69, 9.17) is 16.3 Å². The van der Waals surface area contributed by atoms with E-state index in [0.717, 1.165) is 42.6 Å². The summed E-state index contributed by atoms with van der Waals surface area (Å²) in [5.74, 6) is 0.183. The minimum Gasteiger partial charge on any atom is -0.382 e. The van der Waals surface area contributed by atoms with Gasteiger partial charge in [-0.15, -0.1) is 0 Å². The molecule has 4 rings (SSSR count). The first-order valence-corrected chi connectivity index (χ1v) is 13.6. The number of piperidine rings is 1. The topological polar surface area (TPSA) is 83.0 Å². The molecule has 2 saturated heterocycles. The van der Waals surface area contributed by atoms with Crippen molar-refractivity contribution in [3.05, 3.63) is 64.8 Å². The van der Waals surface area contributed by atoms with E-state index in [1.54, 1.807) is 43.8 Å². The Morgan fingerprint density at radius 3 is 2.46 bits per heavy atom. The van der Waals surface area contributed by atoms with E-state index in [0.29, 0.717) is 17.5 Å². The van der Waals surface area contributed by atoms with Crippen LogP contribution >= 0.6 is 11.6 Å². The average molecular weight is 519 g/mol.